The molecule has 35 valence electrons. The summed E-state index contributed by atoms with van der Waals surface area (Å²) >= 11 is 0. The molecule has 0 saturated heterocycles. The van der Waals surface area contributed by atoms with E-state index in [1.54, 1.807) is 0 Å². The largest absolute Gasteiger partial charge is 0.356 e. The van der Waals surface area contributed by atoms with E-state index in [1.807, 2.05) is 0 Å². The Labute approximate surface area is 59.3 Å². The van der Waals surface area contributed by atoms with Crippen molar-refractivity contribution in [2.75, 3.05) is 0 Å². The molecule has 0 spiro atoms. The first-order valence-electron chi connectivity index (χ1n) is 0.548. The van der Waals surface area contributed by atoms with Gasteiger partial charge in [0.25, 0.3) is 0 Å². The van der Waals surface area contributed by atoms with Crippen molar-refractivity contribution < 1.29 is 37.8 Å². The molecule has 5 nitrogen and oxygen atoms in total. The predicted octanol–water partition coefficient (Wildman–Crippen LogP) is -0.0796. The van der Waals surface area contributed by atoms with Gasteiger partial charge in [0.2, 0.25) is 0 Å². The molecule has 0 heterocycles. The van der Waals surface area contributed by atoms with Crippen LogP contribution in [0.25, 0.3) is 0 Å². The van der Waals surface area contributed by atoms with Gasteiger partial charge in [-0.1, -0.05) is 0 Å². The molecule has 0 aromatic heterocycles. The molecule has 0 unspecified atom stereocenters. The van der Waals surface area contributed by atoms with Crippen LogP contribution in [-0.4, -0.2) is 5.09 Å². The zero-order chi connectivity index (χ0) is 3.58. The summed E-state index contributed by atoms with van der Waals surface area (Å²) in [5, 5.41) is 14.8. The summed E-state index contributed by atoms with van der Waals surface area (Å²) < 4.78 is 0. The SMILES string of the molecule is N.O=[N+]([O-])[O-].[Y]. The average Bonchev–Trinajstić information content (AvgIpc) is 0.811. The van der Waals surface area contributed by atoms with Crippen LogP contribution in [0.1, 0.15) is 0 Å². The Kier molecular flexibility index (Phi) is 24.4. The predicted molar refractivity (Wildman–Crippen MR) is 15.4 cm³/mol. The molecule has 6 heavy (non-hydrogen) atoms. The van der Waals surface area contributed by atoms with Crippen LogP contribution in [0.4, 0.5) is 0 Å². The quantitative estimate of drug-likeness (QED) is 0.403. The van der Waals surface area contributed by atoms with Crippen LogP contribution in [0.3, 0.4) is 0 Å². The summed E-state index contributed by atoms with van der Waals surface area (Å²) in [5.74, 6) is 0. The van der Waals surface area contributed by atoms with Crippen molar-refractivity contribution in [3.63, 3.8) is 0 Å². The van der Waals surface area contributed by atoms with Crippen LogP contribution in [-0.2, 0) is 32.7 Å². The Bertz CT molecular complexity index is 31.8. The van der Waals surface area contributed by atoms with E-state index in [1.165, 1.54) is 0 Å². The molecule has 0 atom stereocenters. The first-order valence-corrected chi connectivity index (χ1v) is 0.548. The normalized spacial score (nSPS) is 4.00. The van der Waals surface area contributed by atoms with Crippen LogP contribution < -0.4 is 6.15 Å². The van der Waals surface area contributed by atoms with Crippen molar-refractivity contribution in [3.05, 3.63) is 15.3 Å². The van der Waals surface area contributed by atoms with E-state index in [-0.39, 0.29) is 38.9 Å². The molecule has 0 aromatic carbocycles. The molecule has 0 aliphatic carbocycles. The summed E-state index contributed by atoms with van der Waals surface area (Å²) in [6, 6.07) is 0. The maximum absolute atomic E-state index is 8.25. The Morgan fingerprint density at radius 2 is 1.33 bits per heavy atom. The maximum atomic E-state index is 8.25. The van der Waals surface area contributed by atoms with Crippen molar-refractivity contribution >= 4 is 0 Å². The van der Waals surface area contributed by atoms with Crippen LogP contribution in [0.2, 0.25) is 0 Å². The van der Waals surface area contributed by atoms with Gasteiger partial charge in [0.1, 0.15) is 0 Å². The third-order valence-corrected chi connectivity index (χ3v) is 0. The smallest absolute Gasteiger partial charge is 0.0689 e. The molecule has 3 N–H and O–H groups in total. The standard InChI is InChI=1S/NO3.H3N.Y/c2-1(3)4;;/h;1H3;/q-1;;. The number of hydrogen-bond acceptors (Lipinski definition) is 4. The van der Waals surface area contributed by atoms with E-state index < -0.39 is 5.09 Å². The van der Waals surface area contributed by atoms with E-state index in [0.717, 1.165) is 0 Å². The van der Waals surface area contributed by atoms with Crippen molar-refractivity contribution in [1.82, 2.24) is 6.15 Å². The van der Waals surface area contributed by atoms with Gasteiger partial charge < -0.3 is 21.5 Å². The van der Waals surface area contributed by atoms with Gasteiger partial charge in [-0.2, -0.15) is 0 Å². The topological polar surface area (TPSA) is 101 Å². The van der Waals surface area contributed by atoms with Crippen LogP contribution >= 0.6 is 0 Å². The van der Waals surface area contributed by atoms with E-state index in [4.69, 9.17) is 15.3 Å². The summed E-state index contributed by atoms with van der Waals surface area (Å²) in [5.41, 5.74) is 0. The van der Waals surface area contributed by atoms with Crippen molar-refractivity contribution in [2.24, 2.45) is 0 Å². The van der Waals surface area contributed by atoms with Gasteiger partial charge in [0.15, 0.2) is 0 Å². The molecular weight excluding hydrogens is 165 g/mol. The second-order valence-corrected chi connectivity index (χ2v) is 0.224. The van der Waals surface area contributed by atoms with E-state index in [9.17, 15) is 0 Å². The fraction of sp³-hybridized carbons (Fsp3) is 0. The van der Waals surface area contributed by atoms with E-state index in [2.05, 4.69) is 0 Å². The van der Waals surface area contributed by atoms with Crippen molar-refractivity contribution in [1.29, 1.82) is 0 Å². The van der Waals surface area contributed by atoms with E-state index >= 15 is 0 Å². The zero-order valence-electron chi connectivity index (χ0n) is 2.96. The molecule has 0 bridgehead atoms. The number of hydrogen-bond donors (Lipinski definition) is 1. The molecule has 0 rings (SSSR count). The average molecular weight is 168 g/mol. The molecule has 0 aliphatic rings. The Morgan fingerprint density at radius 1 is 1.33 bits per heavy atom. The third-order valence-electron chi connectivity index (χ3n) is 0. The fourth-order valence-electron chi connectivity index (χ4n) is 0. The molecule has 0 amide bonds. The molecule has 0 saturated carbocycles. The van der Waals surface area contributed by atoms with Crippen LogP contribution in [0.15, 0.2) is 0 Å². The van der Waals surface area contributed by atoms with Crippen LogP contribution in [0.5, 0.6) is 0 Å². The van der Waals surface area contributed by atoms with Gasteiger partial charge in [-0.15, -0.1) is 0 Å². The minimum atomic E-state index is -1.75. The zero-order valence-corrected chi connectivity index (χ0v) is 5.79. The Balaban J connectivity index is -0.0000000450. The minimum Gasteiger partial charge on any atom is -0.356 e. The summed E-state index contributed by atoms with van der Waals surface area (Å²) in [6.45, 7) is 0. The van der Waals surface area contributed by atoms with Gasteiger partial charge in [-0.3, -0.25) is 0 Å². The molecule has 0 aliphatic heterocycles. The van der Waals surface area contributed by atoms with Gasteiger partial charge in [-0.25, -0.2) is 0 Å². The Hall–Kier alpha value is 0.264. The monoisotopic (exact) mass is 168 g/mol. The summed E-state index contributed by atoms with van der Waals surface area (Å²) in [4.78, 5) is 8.25. The minimum absolute atomic E-state index is 0. The second-order valence-electron chi connectivity index (χ2n) is 0.224. The van der Waals surface area contributed by atoms with Crippen LogP contribution in [0, 0.1) is 15.3 Å². The second kappa shape index (κ2) is 8.98. The molecule has 6 heteroatoms. The maximum Gasteiger partial charge on any atom is 0.0689 e. The molecule has 0 fully saturated rings. The van der Waals surface area contributed by atoms with Gasteiger partial charge >= 0.3 is 0 Å². The van der Waals surface area contributed by atoms with E-state index in [0.29, 0.717) is 0 Å². The van der Waals surface area contributed by atoms with Crippen molar-refractivity contribution in [2.45, 2.75) is 0 Å². The van der Waals surface area contributed by atoms with Crippen molar-refractivity contribution in [3.8, 4) is 0 Å². The summed E-state index contributed by atoms with van der Waals surface area (Å²) in [6.07, 6.45) is 0. The first-order chi connectivity index (χ1) is 1.73. The summed E-state index contributed by atoms with van der Waals surface area (Å²) in [7, 11) is 0. The third kappa shape index (κ3) is 652. The fourth-order valence-corrected chi connectivity index (χ4v) is 0. The molecule has 1 radical (unpaired) electrons. The van der Waals surface area contributed by atoms with Gasteiger partial charge in [0.05, 0.1) is 5.09 Å². The first kappa shape index (κ1) is 16.3. The van der Waals surface area contributed by atoms with Gasteiger partial charge in [-0.05, 0) is 0 Å². The number of nitrogens with zero attached hydrogens (tertiary/aromatic N) is 1. The molecular formula is H3N2O3Y-. The van der Waals surface area contributed by atoms with Gasteiger partial charge in [0, 0.05) is 32.7 Å². The molecule has 0 aromatic rings. The number of rotatable bonds is 0. The Morgan fingerprint density at radius 3 is 1.33 bits per heavy atom.